The normalized spacial score (nSPS) is 13.8. The van der Waals surface area contributed by atoms with E-state index < -0.39 is 25.5 Å². The van der Waals surface area contributed by atoms with Crippen LogP contribution in [0.2, 0.25) is 0 Å². The second-order valence-electron chi connectivity index (χ2n) is 5.14. The second-order valence-corrected chi connectivity index (χ2v) is 6.30. The van der Waals surface area contributed by atoms with Gasteiger partial charge >= 0.3 is 13.8 Å². The van der Waals surface area contributed by atoms with Gasteiger partial charge in [-0.1, -0.05) is 46.1 Å². The lowest BCUT2D eigenvalue weighted by Gasteiger charge is -2.38. The third kappa shape index (κ3) is 7.77. The lowest BCUT2D eigenvalue weighted by molar-refractivity contribution is -0.158. The number of phosphoric ester groups is 1. The molecule has 0 aliphatic carbocycles. The number of hydrogen-bond donors (Lipinski definition) is 2. The van der Waals surface area contributed by atoms with Crippen molar-refractivity contribution in [3.8, 4) is 0 Å². The van der Waals surface area contributed by atoms with Crippen LogP contribution in [0.25, 0.3) is 0 Å². The fourth-order valence-corrected chi connectivity index (χ4v) is 3.02. The number of hydrogen-bond acceptors (Lipinski definition) is 4. The van der Waals surface area contributed by atoms with Gasteiger partial charge in [0.05, 0.1) is 0 Å². The summed E-state index contributed by atoms with van der Waals surface area (Å²) >= 11 is 0. The summed E-state index contributed by atoms with van der Waals surface area (Å²) in [4.78, 5) is 29.8. The summed E-state index contributed by atoms with van der Waals surface area (Å²) in [6.45, 7) is 8.87. The summed E-state index contributed by atoms with van der Waals surface area (Å²) in [7, 11) is -4.69. The Labute approximate surface area is 126 Å². The van der Waals surface area contributed by atoms with E-state index in [4.69, 9.17) is 9.26 Å². The van der Waals surface area contributed by atoms with Crippen molar-refractivity contribution in [3.63, 3.8) is 0 Å². The molecule has 1 atom stereocenters. The zero-order valence-corrected chi connectivity index (χ0v) is 14.0. The van der Waals surface area contributed by atoms with E-state index in [1.54, 1.807) is 6.92 Å². The predicted molar refractivity (Wildman–Crippen MR) is 80.7 cm³/mol. The number of phosphoric acid groups is 1. The topological polar surface area (TPSA) is 93.1 Å². The van der Waals surface area contributed by atoms with Crippen LogP contribution >= 0.6 is 7.82 Å². The van der Waals surface area contributed by atoms with Crippen molar-refractivity contribution in [2.24, 2.45) is 0 Å². The minimum absolute atomic E-state index is 0.417. The van der Waals surface area contributed by atoms with Crippen molar-refractivity contribution in [2.45, 2.75) is 71.0 Å². The highest BCUT2D eigenvalue weighted by Crippen LogP contribution is 2.47. The minimum atomic E-state index is -4.69. The van der Waals surface area contributed by atoms with Gasteiger partial charge in [0.1, 0.15) is 11.7 Å². The molecule has 0 saturated heterocycles. The van der Waals surface area contributed by atoms with E-state index in [2.05, 4.69) is 6.58 Å². The molecule has 0 aromatic carbocycles. The van der Waals surface area contributed by atoms with Crippen LogP contribution in [0.4, 0.5) is 0 Å². The van der Waals surface area contributed by atoms with Gasteiger partial charge in [-0.3, -0.25) is 4.52 Å². The molecule has 0 amide bonds. The van der Waals surface area contributed by atoms with Crippen LogP contribution in [0.5, 0.6) is 0 Å². The molecule has 1 unspecified atom stereocenters. The van der Waals surface area contributed by atoms with Gasteiger partial charge in [-0.05, 0) is 19.8 Å². The molecule has 21 heavy (non-hydrogen) atoms. The smallest absolute Gasteiger partial charge is 0.456 e. The van der Waals surface area contributed by atoms with Crippen LogP contribution in [0, 0.1) is 0 Å². The van der Waals surface area contributed by atoms with Gasteiger partial charge in [-0.15, -0.1) is 0 Å². The number of carbonyl (C=O) groups excluding carboxylic acids is 1. The van der Waals surface area contributed by atoms with Crippen LogP contribution in [0.3, 0.4) is 0 Å². The first-order chi connectivity index (χ1) is 9.70. The van der Waals surface area contributed by atoms with Crippen LogP contribution in [0.1, 0.15) is 59.3 Å². The molecule has 0 heterocycles. The van der Waals surface area contributed by atoms with E-state index in [0.717, 1.165) is 31.8 Å². The summed E-state index contributed by atoms with van der Waals surface area (Å²) in [5, 5.41) is 0. The van der Waals surface area contributed by atoms with Gasteiger partial charge in [-0.2, -0.15) is 0 Å². The zero-order chi connectivity index (χ0) is 16.5. The average molecular weight is 322 g/mol. The summed E-state index contributed by atoms with van der Waals surface area (Å²) in [5.74, 6) is -0.630. The molecule has 0 aliphatic heterocycles. The third-order valence-corrected chi connectivity index (χ3v) is 4.01. The van der Waals surface area contributed by atoms with Gasteiger partial charge in [-0.25, -0.2) is 9.36 Å². The summed E-state index contributed by atoms with van der Waals surface area (Å²) < 4.78 is 21.6. The number of rotatable bonds is 11. The van der Waals surface area contributed by atoms with Gasteiger partial charge in [0.15, 0.2) is 0 Å². The largest absolute Gasteiger partial charge is 0.470 e. The standard InChI is InChI=1S/C14H27O6P/c1-5-8-10-14(11-9-6-2,20-21(16,17)18)12(4)19-13(15)7-3/h7,12H,3,5-6,8-11H2,1-2,4H3,(H2,16,17,18). The van der Waals surface area contributed by atoms with Gasteiger partial charge in [0, 0.05) is 6.08 Å². The molecule has 7 heteroatoms. The lowest BCUT2D eigenvalue weighted by Crippen LogP contribution is -2.45. The van der Waals surface area contributed by atoms with Gasteiger partial charge < -0.3 is 14.5 Å². The Morgan fingerprint density at radius 3 is 2.10 bits per heavy atom. The summed E-state index contributed by atoms with van der Waals surface area (Å²) in [6.07, 6.45) is 4.23. The maximum atomic E-state index is 11.4. The van der Waals surface area contributed by atoms with E-state index in [1.807, 2.05) is 13.8 Å². The van der Waals surface area contributed by atoms with Crippen LogP contribution in [0.15, 0.2) is 12.7 Å². The van der Waals surface area contributed by atoms with E-state index in [-0.39, 0.29) is 0 Å². The van der Waals surface area contributed by atoms with Gasteiger partial charge in [0.25, 0.3) is 0 Å². The van der Waals surface area contributed by atoms with Crippen molar-refractivity contribution in [1.82, 2.24) is 0 Å². The second kappa shape index (κ2) is 9.36. The molecule has 0 spiro atoms. The fraction of sp³-hybridized carbons (Fsp3) is 0.786. The maximum absolute atomic E-state index is 11.4. The first-order valence-corrected chi connectivity index (χ1v) is 8.83. The molecular weight excluding hydrogens is 295 g/mol. The first kappa shape index (κ1) is 20.3. The number of esters is 1. The van der Waals surface area contributed by atoms with Crippen molar-refractivity contribution in [2.75, 3.05) is 0 Å². The first-order valence-electron chi connectivity index (χ1n) is 7.30. The average Bonchev–Trinajstić information content (AvgIpc) is 2.40. The zero-order valence-electron chi connectivity index (χ0n) is 13.1. The summed E-state index contributed by atoms with van der Waals surface area (Å²) in [5.41, 5.74) is -1.18. The highest BCUT2D eigenvalue weighted by atomic mass is 31.2. The van der Waals surface area contributed by atoms with Crippen LogP contribution < -0.4 is 0 Å². The predicted octanol–water partition coefficient (Wildman–Crippen LogP) is 3.33. The summed E-state index contributed by atoms with van der Waals surface area (Å²) in [6, 6.07) is 0. The van der Waals surface area contributed by atoms with Crippen molar-refractivity contribution < 1.29 is 28.4 Å². The fourth-order valence-electron chi connectivity index (χ4n) is 2.22. The quantitative estimate of drug-likeness (QED) is 0.344. The molecule has 0 rings (SSSR count). The molecule has 124 valence electrons. The minimum Gasteiger partial charge on any atom is -0.456 e. The molecule has 6 nitrogen and oxygen atoms in total. The Kier molecular flexibility index (Phi) is 9.06. The van der Waals surface area contributed by atoms with E-state index >= 15 is 0 Å². The number of carbonyl (C=O) groups is 1. The molecule has 0 saturated carbocycles. The molecule has 0 aromatic heterocycles. The maximum Gasteiger partial charge on any atom is 0.470 e. The van der Waals surface area contributed by atoms with Crippen molar-refractivity contribution in [1.29, 1.82) is 0 Å². The number of ether oxygens (including phenoxy) is 1. The molecular formula is C14H27O6P. The molecule has 0 fully saturated rings. The molecule has 0 aliphatic rings. The monoisotopic (exact) mass is 322 g/mol. The van der Waals surface area contributed by atoms with Crippen LogP contribution in [-0.2, 0) is 18.6 Å². The SMILES string of the molecule is C=CC(=O)OC(C)C(CCCC)(CCCC)OP(=O)(O)O. The van der Waals surface area contributed by atoms with E-state index in [0.29, 0.717) is 12.8 Å². The lowest BCUT2D eigenvalue weighted by atomic mass is 9.86. The number of unbranched alkanes of at least 4 members (excludes halogenated alkanes) is 2. The molecule has 2 N–H and O–H groups in total. The van der Waals surface area contributed by atoms with Gasteiger partial charge in [0.2, 0.25) is 0 Å². The molecule has 0 aromatic rings. The highest BCUT2D eigenvalue weighted by molar-refractivity contribution is 7.46. The highest BCUT2D eigenvalue weighted by Gasteiger charge is 2.43. The third-order valence-electron chi connectivity index (χ3n) is 3.41. The molecule has 0 radical (unpaired) electrons. The Morgan fingerprint density at radius 2 is 1.76 bits per heavy atom. The Hall–Kier alpha value is -0.680. The molecule has 0 bridgehead atoms. The Morgan fingerprint density at radius 1 is 1.29 bits per heavy atom. The van der Waals surface area contributed by atoms with Crippen molar-refractivity contribution >= 4 is 13.8 Å². The van der Waals surface area contributed by atoms with Crippen molar-refractivity contribution in [3.05, 3.63) is 12.7 Å². The van der Waals surface area contributed by atoms with E-state index in [1.165, 1.54) is 0 Å². The van der Waals surface area contributed by atoms with E-state index in [9.17, 15) is 19.1 Å². The van der Waals surface area contributed by atoms with Crippen LogP contribution in [-0.4, -0.2) is 27.5 Å². The Bertz CT molecular complexity index is 368. The Balaban J connectivity index is 5.34.